The summed E-state index contributed by atoms with van der Waals surface area (Å²) in [6, 6.07) is 12.3. The number of rotatable bonds is 4. The number of hydrogen-bond donors (Lipinski definition) is 2. The number of nitrogen functional groups attached to an aromatic ring is 1. The molecule has 2 aliphatic rings. The van der Waals surface area contributed by atoms with Gasteiger partial charge in [-0.2, -0.15) is 5.26 Å². The van der Waals surface area contributed by atoms with Gasteiger partial charge in [0.2, 0.25) is 0 Å². The average molecular weight is 424 g/mol. The van der Waals surface area contributed by atoms with Crippen LogP contribution in [0.25, 0.3) is 0 Å². The number of fused-ring (bicyclic) bond motifs is 1. The van der Waals surface area contributed by atoms with E-state index in [1.165, 1.54) is 0 Å². The molecule has 2 aliphatic heterocycles. The topological polar surface area (TPSA) is 138 Å². The molecule has 1 saturated heterocycles. The van der Waals surface area contributed by atoms with Crippen LogP contribution in [-0.2, 0) is 6.54 Å². The molecule has 0 bridgehead atoms. The second-order valence-corrected chi connectivity index (χ2v) is 7.43. The first-order valence-electron chi connectivity index (χ1n) is 9.17. The zero-order chi connectivity index (χ0) is 21.4. The molecule has 0 radical (unpaired) electrons. The van der Waals surface area contributed by atoms with Gasteiger partial charge in [0.05, 0.1) is 16.6 Å². The molecule has 0 spiro atoms. The number of allylic oxidation sites excluding steroid dienone is 1. The van der Waals surface area contributed by atoms with E-state index in [-0.39, 0.29) is 17.1 Å². The lowest BCUT2D eigenvalue weighted by atomic mass is 9.86. The molecule has 10 heteroatoms. The average Bonchev–Trinajstić information content (AvgIpc) is 3.13. The minimum atomic E-state index is -0.913. The molecule has 1 unspecified atom stereocenters. The van der Waals surface area contributed by atoms with E-state index in [1.54, 1.807) is 41.4 Å². The number of nitriles is 1. The zero-order valence-corrected chi connectivity index (χ0v) is 16.6. The van der Waals surface area contributed by atoms with Crippen molar-refractivity contribution in [3.63, 3.8) is 0 Å². The van der Waals surface area contributed by atoms with Crippen LogP contribution in [0.4, 0.5) is 5.69 Å². The first kappa shape index (κ1) is 19.5. The Labute approximate surface area is 177 Å². The first-order chi connectivity index (χ1) is 14.4. The van der Waals surface area contributed by atoms with Gasteiger partial charge in [-0.15, -0.1) is 0 Å². The summed E-state index contributed by atoms with van der Waals surface area (Å²) >= 11 is 5.86. The van der Waals surface area contributed by atoms with Gasteiger partial charge in [0.15, 0.2) is 5.82 Å². The van der Waals surface area contributed by atoms with Crippen LogP contribution in [-0.4, -0.2) is 32.8 Å². The van der Waals surface area contributed by atoms with Crippen molar-refractivity contribution >= 4 is 17.3 Å². The molecule has 152 valence electrons. The van der Waals surface area contributed by atoms with Crippen molar-refractivity contribution in [3.05, 3.63) is 91.9 Å². The van der Waals surface area contributed by atoms with Crippen LogP contribution in [0.2, 0.25) is 5.15 Å². The van der Waals surface area contributed by atoms with Crippen LogP contribution in [0.1, 0.15) is 17.0 Å². The van der Waals surface area contributed by atoms with Crippen molar-refractivity contribution in [2.45, 2.75) is 12.5 Å². The minimum absolute atomic E-state index is 0.0919. The third kappa shape index (κ3) is 3.27. The Kier molecular flexibility index (Phi) is 4.93. The molecular formula is C20H18ClN7O2. The standard InChI is InChI=1S/C20H18ClN7O2/c21-16-5-4-12(10-25-16)11-26-6-7-27-19(24)15(9-22)17(18(20(26)27)28(29)30)13-2-1-3-14(23)8-13/h1-5,8,10,17H,6-7,11,23-24H2. The van der Waals surface area contributed by atoms with E-state index in [9.17, 15) is 15.4 Å². The van der Waals surface area contributed by atoms with Gasteiger partial charge in [-0.3, -0.25) is 10.1 Å². The molecule has 1 atom stereocenters. The highest BCUT2D eigenvalue weighted by molar-refractivity contribution is 6.29. The third-order valence-corrected chi connectivity index (χ3v) is 5.45. The molecular weight excluding hydrogens is 406 g/mol. The number of nitrogens with two attached hydrogens (primary N) is 2. The van der Waals surface area contributed by atoms with Gasteiger partial charge in [0.1, 0.15) is 16.9 Å². The summed E-state index contributed by atoms with van der Waals surface area (Å²) < 4.78 is 0. The van der Waals surface area contributed by atoms with Crippen LogP contribution >= 0.6 is 11.6 Å². The molecule has 0 amide bonds. The van der Waals surface area contributed by atoms with Crippen molar-refractivity contribution in [2.24, 2.45) is 5.73 Å². The van der Waals surface area contributed by atoms with E-state index in [4.69, 9.17) is 23.1 Å². The fourth-order valence-corrected chi connectivity index (χ4v) is 4.06. The van der Waals surface area contributed by atoms with Gasteiger partial charge in [-0.25, -0.2) is 4.98 Å². The first-order valence-corrected chi connectivity index (χ1v) is 9.55. The highest BCUT2D eigenvalue weighted by Crippen LogP contribution is 2.43. The SMILES string of the molecule is N#CC1=C(N)N2CCN(Cc3ccc(Cl)nc3)C2=C([N+](=O)[O-])C1c1cccc(N)c1. The Bertz CT molecular complexity index is 1120. The lowest BCUT2D eigenvalue weighted by molar-refractivity contribution is -0.432. The summed E-state index contributed by atoms with van der Waals surface area (Å²) in [6.45, 7) is 1.35. The normalized spacial score (nSPS) is 18.5. The summed E-state index contributed by atoms with van der Waals surface area (Å²) in [6.07, 6.45) is 1.63. The Hall–Kier alpha value is -3.77. The maximum absolute atomic E-state index is 12.2. The number of hydrogen-bond acceptors (Lipinski definition) is 8. The molecule has 2 aromatic rings. The molecule has 1 fully saturated rings. The van der Waals surface area contributed by atoms with Crippen molar-refractivity contribution < 1.29 is 4.92 Å². The van der Waals surface area contributed by atoms with Gasteiger partial charge in [-0.1, -0.05) is 29.8 Å². The fraction of sp³-hybridized carbons (Fsp3) is 0.200. The van der Waals surface area contributed by atoms with E-state index in [0.717, 1.165) is 5.56 Å². The highest BCUT2D eigenvalue weighted by atomic mass is 35.5. The monoisotopic (exact) mass is 423 g/mol. The smallest absolute Gasteiger partial charge is 0.299 e. The predicted molar refractivity (Wildman–Crippen MR) is 111 cm³/mol. The summed E-state index contributed by atoms with van der Waals surface area (Å²) in [5.41, 5.74) is 14.1. The van der Waals surface area contributed by atoms with Crippen molar-refractivity contribution in [1.82, 2.24) is 14.8 Å². The van der Waals surface area contributed by atoms with Gasteiger partial charge >= 0.3 is 0 Å². The number of anilines is 1. The van der Waals surface area contributed by atoms with Gasteiger partial charge in [0.25, 0.3) is 5.70 Å². The highest BCUT2D eigenvalue weighted by Gasteiger charge is 2.47. The van der Waals surface area contributed by atoms with Crippen LogP contribution in [0.3, 0.4) is 0 Å². The maximum atomic E-state index is 12.2. The second kappa shape index (κ2) is 7.57. The predicted octanol–water partition coefficient (Wildman–Crippen LogP) is 2.37. The Morgan fingerprint density at radius 3 is 2.73 bits per heavy atom. The van der Waals surface area contributed by atoms with E-state index >= 15 is 0 Å². The third-order valence-electron chi connectivity index (χ3n) is 5.23. The molecule has 1 aromatic carbocycles. The summed E-state index contributed by atoms with van der Waals surface area (Å²) in [5.74, 6) is -0.301. The molecule has 0 saturated carbocycles. The van der Waals surface area contributed by atoms with E-state index in [0.29, 0.717) is 41.9 Å². The Morgan fingerprint density at radius 2 is 2.10 bits per heavy atom. The molecule has 4 N–H and O–H groups in total. The summed E-state index contributed by atoms with van der Waals surface area (Å²) in [4.78, 5) is 19.4. The van der Waals surface area contributed by atoms with E-state index in [1.807, 2.05) is 11.0 Å². The zero-order valence-electron chi connectivity index (χ0n) is 15.8. The van der Waals surface area contributed by atoms with Gasteiger partial charge < -0.3 is 21.3 Å². The van der Waals surface area contributed by atoms with Crippen LogP contribution in [0.5, 0.6) is 0 Å². The number of nitrogens with zero attached hydrogens (tertiary/aromatic N) is 5. The second-order valence-electron chi connectivity index (χ2n) is 7.04. The quantitative estimate of drug-likeness (QED) is 0.330. The number of aromatic nitrogens is 1. The van der Waals surface area contributed by atoms with Crippen LogP contribution in [0, 0.1) is 21.4 Å². The van der Waals surface area contributed by atoms with Crippen molar-refractivity contribution in [1.29, 1.82) is 5.26 Å². The number of nitro groups is 1. The van der Waals surface area contributed by atoms with Crippen LogP contribution in [0.15, 0.2) is 65.5 Å². The maximum Gasteiger partial charge on any atom is 0.299 e. The molecule has 1 aromatic heterocycles. The Balaban J connectivity index is 1.85. The van der Waals surface area contributed by atoms with Crippen molar-refractivity contribution in [2.75, 3.05) is 18.8 Å². The number of pyridine rings is 1. The van der Waals surface area contributed by atoms with Crippen molar-refractivity contribution in [3.8, 4) is 6.07 Å². The fourth-order valence-electron chi connectivity index (χ4n) is 3.94. The van der Waals surface area contributed by atoms with E-state index in [2.05, 4.69) is 11.1 Å². The lowest BCUT2D eigenvalue weighted by Crippen LogP contribution is -2.37. The van der Waals surface area contributed by atoms with Crippen LogP contribution < -0.4 is 11.5 Å². The Morgan fingerprint density at radius 1 is 1.30 bits per heavy atom. The molecule has 30 heavy (non-hydrogen) atoms. The molecule has 9 nitrogen and oxygen atoms in total. The largest absolute Gasteiger partial charge is 0.399 e. The minimum Gasteiger partial charge on any atom is -0.399 e. The molecule has 3 heterocycles. The number of benzene rings is 1. The van der Waals surface area contributed by atoms with Gasteiger partial charge in [0, 0.05) is 31.5 Å². The number of halogens is 1. The molecule has 4 rings (SSSR count). The summed E-state index contributed by atoms with van der Waals surface area (Å²) in [7, 11) is 0. The molecule has 0 aliphatic carbocycles. The van der Waals surface area contributed by atoms with Gasteiger partial charge in [-0.05, 0) is 29.3 Å². The summed E-state index contributed by atoms with van der Waals surface area (Å²) in [5, 5.41) is 22.4. The van der Waals surface area contributed by atoms with E-state index < -0.39 is 10.8 Å². The lowest BCUT2D eigenvalue weighted by Gasteiger charge is -2.32.